The van der Waals surface area contributed by atoms with Gasteiger partial charge in [-0.2, -0.15) is 4.98 Å². The molecule has 0 radical (unpaired) electrons. The van der Waals surface area contributed by atoms with Crippen molar-refractivity contribution in [2.24, 2.45) is 5.92 Å². The van der Waals surface area contributed by atoms with Crippen LogP contribution in [0.25, 0.3) is 0 Å². The zero-order valence-corrected chi connectivity index (χ0v) is 11.9. The van der Waals surface area contributed by atoms with Crippen molar-refractivity contribution in [1.82, 2.24) is 20.4 Å². The molecule has 5 heteroatoms. The van der Waals surface area contributed by atoms with Gasteiger partial charge in [0.25, 0.3) is 0 Å². The molecule has 1 aliphatic heterocycles. The highest BCUT2D eigenvalue weighted by Crippen LogP contribution is 2.19. The van der Waals surface area contributed by atoms with Crippen LogP contribution >= 0.6 is 0 Å². The summed E-state index contributed by atoms with van der Waals surface area (Å²) in [7, 11) is 0. The number of nitrogens with one attached hydrogen (secondary N) is 1. The molecule has 1 aromatic heterocycles. The Morgan fingerprint density at radius 3 is 2.89 bits per heavy atom. The third-order valence-corrected chi connectivity index (χ3v) is 3.40. The molecule has 1 saturated heterocycles. The van der Waals surface area contributed by atoms with E-state index in [-0.39, 0.29) is 5.54 Å². The Labute approximate surface area is 109 Å². The Bertz CT molecular complexity index is 386. The summed E-state index contributed by atoms with van der Waals surface area (Å²) in [6.07, 6.45) is 0.883. The summed E-state index contributed by atoms with van der Waals surface area (Å²) >= 11 is 0. The van der Waals surface area contributed by atoms with E-state index >= 15 is 0 Å². The van der Waals surface area contributed by atoms with Gasteiger partial charge in [-0.15, -0.1) is 0 Å². The molecule has 2 heterocycles. The van der Waals surface area contributed by atoms with E-state index in [0.29, 0.717) is 5.92 Å². The minimum Gasteiger partial charge on any atom is -0.338 e. The summed E-state index contributed by atoms with van der Waals surface area (Å²) < 4.78 is 5.34. The molecule has 0 atom stereocenters. The van der Waals surface area contributed by atoms with E-state index in [0.717, 1.165) is 44.3 Å². The molecule has 1 N–H and O–H groups in total. The summed E-state index contributed by atoms with van der Waals surface area (Å²) in [5.74, 6) is 2.12. The first-order valence-electron chi connectivity index (χ1n) is 6.74. The zero-order chi connectivity index (χ0) is 13.2. The smallest absolute Gasteiger partial charge is 0.240 e. The number of rotatable bonds is 4. The predicted molar refractivity (Wildman–Crippen MR) is 70.2 cm³/mol. The lowest BCUT2D eigenvalue weighted by Gasteiger charge is -2.41. The highest BCUT2D eigenvalue weighted by atomic mass is 16.5. The van der Waals surface area contributed by atoms with E-state index in [1.54, 1.807) is 0 Å². The van der Waals surface area contributed by atoms with E-state index < -0.39 is 0 Å². The van der Waals surface area contributed by atoms with Crippen molar-refractivity contribution < 1.29 is 4.52 Å². The molecule has 18 heavy (non-hydrogen) atoms. The number of hydrogen-bond acceptors (Lipinski definition) is 5. The number of piperazine rings is 1. The summed E-state index contributed by atoms with van der Waals surface area (Å²) in [6, 6.07) is 0. The minimum absolute atomic E-state index is 0.144. The average molecular weight is 252 g/mol. The average Bonchev–Trinajstić information content (AvgIpc) is 2.68. The van der Waals surface area contributed by atoms with Gasteiger partial charge in [0.1, 0.15) is 0 Å². The maximum atomic E-state index is 5.34. The summed E-state index contributed by atoms with van der Waals surface area (Å²) in [6.45, 7) is 12.6. The maximum absolute atomic E-state index is 5.34. The van der Waals surface area contributed by atoms with Crippen LogP contribution in [0, 0.1) is 5.92 Å². The normalized spacial score (nSPS) is 20.5. The molecular weight excluding hydrogens is 228 g/mol. The van der Waals surface area contributed by atoms with Crippen LogP contribution in [-0.2, 0) is 13.0 Å². The molecule has 0 bridgehead atoms. The lowest BCUT2D eigenvalue weighted by Crippen LogP contribution is -2.57. The lowest BCUT2D eigenvalue weighted by molar-refractivity contribution is 0.0711. The SMILES string of the molecule is CC(C)Cc1noc(CN2CCNCC2(C)C)n1. The Balaban J connectivity index is 1.98. The van der Waals surface area contributed by atoms with Crippen molar-refractivity contribution >= 4 is 0 Å². The van der Waals surface area contributed by atoms with Crippen LogP contribution in [0.3, 0.4) is 0 Å². The van der Waals surface area contributed by atoms with Crippen molar-refractivity contribution in [3.63, 3.8) is 0 Å². The summed E-state index contributed by atoms with van der Waals surface area (Å²) in [5.41, 5.74) is 0.144. The zero-order valence-electron chi connectivity index (χ0n) is 11.9. The fraction of sp³-hybridized carbons (Fsp3) is 0.846. The Morgan fingerprint density at radius 1 is 1.44 bits per heavy atom. The van der Waals surface area contributed by atoms with Crippen LogP contribution in [0.2, 0.25) is 0 Å². The molecule has 1 aliphatic rings. The van der Waals surface area contributed by atoms with Gasteiger partial charge < -0.3 is 9.84 Å². The van der Waals surface area contributed by atoms with Crippen molar-refractivity contribution in [2.45, 2.75) is 46.2 Å². The highest BCUT2D eigenvalue weighted by molar-refractivity contribution is 4.93. The molecule has 0 aromatic carbocycles. The van der Waals surface area contributed by atoms with Gasteiger partial charge in [0.2, 0.25) is 5.89 Å². The van der Waals surface area contributed by atoms with Crippen molar-refractivity contribution in [3.05, 3.63) is 11.7 Å². The molecule has 5 nitrogen and oxygen atoms in total. The van der Waals surface area contributed by atoms with Crippen LogP contribution in [0.15, 0.2) is 4.52 Å². The number of nitrogens with zero attached hydrogens (tertiary/aromatic N) is 3. The van der Waals surface area contributed by atoms with E-state index in [1.807, 2.05) is 0 Å². The number of hydrogen-bond donors (Lipinski definition) is 1. The van der Waals surface area contributed by atoms with Crippen LogP contribution in [-0.4, -0.2) is 40.2 Å². The topological polar surface area (TPSA) is 54.2 Å². The van der Waals surface area contributed by atoms with E-state index in [9.17, 15) is 0 Å². The lowest BCUT2D eigenvalue weighted by atomic mass is 10.0. The third-order valence-electron chi connectivity index (χ3n) is 3.40. The summed E-state index contributed by atoms with van der Waals surface area (Å²) in [5, 5.41) is 7.45. The van der Waals surface area contributed by atoms with Gasteiger partial charge in [0.15, 0.2) is 5.82 Å². The van der Waals surface area contributed by atoms with Crippen molar-refractivity contribution in [1.29, 1.82) is 0 Å². The Hall–Kier alpha value is -0.940. The number of aromatic nitrogens is 2. The molecule has 1 aromatic rings. The predicted octanol–water partition coefficient (Wildman–Crippen LogP) is 1.45. The van der Waals surface area contributed by atoms with Crippen LogP contribution in [0.4, 0.5) is 0 Å². The fourth-order valence-electron chi connectivity index (χ4n) is 2.28. The van der Waals surface area contributed by atoms with Gasteiger partial charge in [-0.3, -0.25) is 4.90 Å². The van der Waals surface area contributed by atoms with Crippen molar-refractivity contribution in [3.8, 4) is 0 Å². The fourth-order valence-corrected chi connectivity index (χ4v) is 2.28. The second-order valence-corrected chi connectivity index (χ2v) is 6.11. The standard InChI is InChI=1S/C13H24N4O/c1-10(2)7-11-15-12(18-16-11)8-17-6-5-14-9-13(17,3)4/h10,14H,5-9H2,1-4H3. The highest BCUT2D eigenvalue weighted by Gasteiger charge is 2.30. The minimum atomic E-state index is 0.144. The second kappa shape index (κ2) is 5.36. The molecule has 0 saturated carbocycles. The van der Waals surface area contributed by atoms with Crippen LogP contribution in [0.1, 0.15) is 39.4 Å². The quantitative estimate of drug-likeness (QED) is 0.879. The van der Waals surface area contributed by atoms with Gasteiger partial charge in [0.05, 0.1) is 6.54 Å². The van der Waals surface area contributed by atoms with Gasteiger partial charge >= 0.3 is 0 Å². The molecule has 0 unspecified atom stereocenters. The van der Waals surface area contributed by atoms with E-state index in [2.05, 4.69) is 48.1 Å². The molecule has 1 fully saturated rings. The van der Waals surface area contributed by atoms with Crippen LogP contribution < -0.4 is 5.32 Å². The van der Waals surface area contributed by atoms with Crippen LogP contribution in [0.5, 0.6) is 0 Å². The molecule has 0 amide bonds. The van der Waals surface area contributed by atoms with E-state index in [1.165, 1.54) is 0 Å². The largest absolute Gasteiger partial charge is 0.338 e. The van der Waals surface area contributed by atoms with Gasteiger partial charge in [-0.25, -0.2) is 0 Å². The second-order valence-electron chi connectivity index (χ2n) is 6.11. The van der Waals surface area contributed by atoms with E-state index in [4.69, 9.17) is 4.52 Å². The Kier molecular flexibility index (Phi) is 4.02. The Morgan fingerprint density at radius 2 is 2.22 bits per heavy atom. The molecule has 102 valence electrons. The van der Waals surface area contributed by atoms with Crippen molar-refractivity contribution in [2.75, 3.05) is 19.6 Å². The van der Waals surface area contributed by atoms with Gasteiger partial charge in [-0.1, -0.05) is 19.0 Å². The monoisotopic (exact) mass is 252 g/mol. The molecule has 0 aliphatic carbocycles. The molecule has 0 spiro atoms. The molecular formula is C13H24N4O. The maximum Gasteiger partial charge on any atom is 0.240 e. The molecule has 2 rings (SSSR count). The first-order chi connectivity index (χ1) is 8.47. The first kappa shape index (κ1) is 13.5. The van der Waals surface area contributed by atoms with Gasteiger partial charge in [-0.05, 0) is 19.8 Å². The first-order valence-corrected chi connectivity index (χ1v) is 6.74. The van der Waals surface area contributed by atoms with Gasteiger partial charge in [0, 0.05) is 31.6 Å². The third kappa shape index (κ3) is 3.29. The summed E-state index contributed by atoms with van der Waals surface area (Å²) in [4.78, 5) is 6.87.